The topological polar surface area (TPSA) is 104 Å². The van der Waals surface area contributed by atoms with E-state index in [4.69, 9.17) is 4.74 Å². The fraction of sp³-hybridized carbons (Fsp3) is 0.933. The maximum atomic E-state index is 13.4. The second-order valence-corrected chi connectivity index (χ2v) is 9.33. The average molecular weight is 408 g/mol. The smallest absolute Gasteiger partial charge is 0.743 e. The Bertz CT molecular complexity index is 656. The summed E-state index contributed by atoms with van der Waals surface area (Å²) in [5.41, 5.74) is -1.78. The molecule has 0 aromatic rings. The largest absolute Gasteiger partial charge is 1.00 e. The number of halogens is 3. The number of alkyl halides is 3. The van der Waals surface area contributed by atoms with Gasteiger partial charge in [0.15, 0.2) is 16.3 Å². The fourth-order valence-corrected chi connectivity index (χ4v) is 5.62. The Kier molecular flexibility index (Phi) is 6.19. The zero-order chi connectivity index (χ0) is 18.7. The number of carbonyl (C=O) groups is 1. The molecule has 4 saturated carbocycles. The van der Waals surface area contributed by atoms with Crippen LogP contribution in [-0.2, 0) is 19.6 Å². The molecular weight excluding hydrogens is 388 g/mol. The maximum absolute atomic E-state index is 13.4. The first-order valence-corrected chi connectivity index (χ1v) is 9.65. The first-order valence-electron chi connectivity index (χ1n) is 8.24. The average Bonchev–Trinajstić information content (AvgIpc) is 2.42. The van der Waals surface area contributed by atoms with Gasteiger partial charge in [0, 0.05) is 6.42 Å². The molecule has 3 unspecified atom stereocenters. The van der Waals surface area contributed by atoms with E-state index in [9.17, 15) is 36.0 Å². The van der Waals surface area contributed by atoms with Crippen LogP contribution in [0.2, 0.25) is 0 Å². The third-order valence-electron chi connectivity index (χ3n) is 5.77. The molecule has 0 spiro atoms. The molecule has 0 aromatic heterocycles. The molecule has 0 aliphatic heterocycles. The van der Waals surface area contributed by atoms with Crippen LogP contribution >= 0.6 is 0 Å². The van der Waals surface area contributed by atoms with Gasteiger partial charge in [0.1, 0.15) is 0 Å². The Morgan fingerprint density at radius 1 is 1.27 bits per heavy atom. The summed E-state index contributed by atoms with van der Waals surface area (Å²) < 4.78 is 75.6. The molecule has 0 aromatic carbocycles. The molecule has 144 valence electrons. The predicted molar refractivity (Wildman–Crippen MR) is 77.2 cm³/mol. The van der Waals surface area contributed by atoms with Gasteiger partial charge in [-0.3, -0.25) is 4.79 Å². The van der Waals surface area contributed by atoms with E-state index in [1.807, 2.05) is 0 Å². The van der Waals surface area contributed by atoms with Crippen molar-refractivity contribution in [1.29, 1.82) is 0 Å². The van der Waals surface area contributed by atoms with Gasteiger partial charge in [-0.1, -0.05) is 0 Å². The quantitative estimate of drug-likeness (QED) is 0.334. The number of hydrogen-bond donors (Lipinski definition) is 1. The standard InChI is InChI=1S/C15H21F3O6S.Na/c16-11(15(17,18)25(21,22)23)1-2-24-12(19)13-4-9-3-10(5-13)7-14(20,6-9)8-13;/h9-11,20H,1-8H2,(H,21,22,23);/q;+1/p-1. The number of hydrogen-bond acceptors (Lipinski definition) is 6. The van der Waals surface area contributed by atoms with Crippen LogP contribution in [0.5, 0.6) is 0 Å². The Balaban J connectivity index is 0.00000243. The predicted octanol–water partition coefficient (Wildman–Crippen LogP) is -1.27. The summed E-state index contributed by atoms with van der Waals surface area (Å²) in [6.07, 6.45) is -0.773. The number of esters is 1. The minimum atomic E-state index is -6.13. The first kappa shape index (κ1) is 22.4. The van der Waals surface area contributed by atoms with E-state index in [1.54, 1.807) is 0 Å². The summed E-state index contributed by atoms with van der Waals surface area (Å²) in [5.74, 6) is -0.245. The monoisotopic (exact) mass is 408 g/mol. The van der Waals surface area contributed by atoms with Crippen molar-refractivity contribution in [1.82, 2.24) is 0 Å². The van der Waals surface area contributed by atoms with Gasteiger partial charge in [-0.05, 0) is 50.4 Å². The zero-order valence-corrected chi connectivity index (χ0v) is 17.2. The van der Waals surface area contributed by atoms with Crippen molar-refractivity contribution >= 4 is 16.1 Å². The third-order valence-corrected chi connectivity index (χ3v) is 6.69. The van der Waals surface area contributed by atoms with Crippen LogP contribution in [0.25, 0.3) is 0 Å². The molecule has 0 saturated heterocycles. The number of ether oxygens (including phenoxy) is 1. The number of rotatable bonds is 6. The molecule has 4 aliphatic rings. The van der Waals surface area contributed by atoms with Gasteiger partial charge in [0.05, 0.1) is 17.6 Å². The summed E-state index contributed by atoms with van der Waals surface area (Å²) in [4.78, 5) is 12.4. The molecule has 6 nitrogen and oxygen atoms in total. The van der Waals surface area contributed by atoms with E-state index >= 15 is 0 Å². The Morgan fingerprint density at radius 3 is 2.27 bits per heavy atom. The molecule has 11 heteroatoms. The van der Waals surface area contributed by atoms with E-state index in [2.05, 4.69) is 0 Å². The SMILES string of the molecule is O=C(OCCC(F)C(F)(F)S(=O)(=O)[O-])C12CC3CC(CC(O)(C3)C1)C2.[Na+]. The van der Waals surface area contributed by atoms with Crippen LogP contribution in [0.1, 0.15) is 44.9 Å². The third kappa shape index (κ3) is 3.96. The molecule has 4 rings (SSSR count). The molecule has 1 N–H and O–H groups in total. The Morgan fingerprint density at radius 2 is 1.81 bits per heavy atom. The van der Waals surface area contributed by atoms with Gasteiger partial charge >= 0.3 is 40.8 Å². The van der Waals surface area contributed by atoms with Crippen LogP contribution in [0.3, 0.4) is 0 Å². The van der Waals surface area contributed by atoms with Crippen molar-refractivity contribution in [3.05, 3.63) is 0 Å². The van der Waals surface area contributed by atoms with Gasteiger partial charge in [-0.15, -0.1) is 0 Å². The van der Waals surface area contributed by atoms with E-state index < -0.39 is 51.6 Å². The van der Waals surface area contributed by atoms with Gasteiger partial charge in [-0.2, -0.15) is 8.78 Å². The summed E-state index contributed by atoms with van der Waals surface area (Å²) in [5, 5.41) is 5.50. The minimum Gasteiger partial charge on any atom is -0.743 e. The number of carbonyl (C=O) groups excluding carboxylic acids is 1. The van der Waals surface area contributed by atoms with Crippen LogP contribution in [0.4, 0.5) is 13.2 Å². The van der Waals surface area contributed by atoms with Gasteiger partial charge < -0.3 is 14.4 Å². The van der Waals surface area contributed by atoms with Crippen molar-refractivity contribution in [2.45, 2.75) is 62.0 Å². The molecule has 0 radical (unpaired) electrons. The molecule has 0 heterocycles. The molecule has 4 aliphatic carbocycles. The molecule has 4 bridgehead atoms. The normalized spacial score (nSPS) is 37.1. The van der Waals surface area contributed by atoms with Crippen LogP contribution in [0.15, 0.2) is 0 Å². The zero-order valence-electron chi connectivity index (χ0n) is 14.4. The molecule has 0 amide bonds. The van der Waals surface area contributed by atoms with Crippen molar-refractivity contribution in [2.75, 3.05) is 6.61 Å². The van der Waals surface area contributed by atoms with Crippen LogP contribution < -0.4 is 29.6 Å². The Labute approximate surface area is 171 Å². The maximum Gasteiger partial charge on any atom is 1.00 e. The van der Waals surface area contributed by atoms with Gasteiger partial charge in [0.2, 0.25) is 0 Å². The van der Waals surface area contributed by atoms with Gasteiger partial charge in [0.25, 0.3) is 0 Å². The summed E-state index contributed by atoms with van der Waals surface area (Å²) >= 11 is 0. The van der Waals surface area contributed by atoms with Crippen molar-refractivity contribution < 1.29 is 70.3 Å². The number of aliphatic hydroxyl groups is 1. The van der Waals surface area contributed by atoms with E-state index in [0.717, 1.165) is 6.42 Å². The minimum absolute atomic E-state index is 0. The van der Waals surface area contributed by atoms with E-state index in [1.165, 1.54) is 0 Å². The van der Waals surface area contributed by atoms with E-state index in [0.29, 0.717) is 25.7 Å². The van der Waals surface area contributed by atoms with Crippen molar-refractivity contribution in [2.24, 2.45) is 17.3 Å². The summed E-state index contributed by atoms with van der Waals surface area (Å²) in [7, 11) is -6.13. The Hall–Kier alpha value is 0.130. The second kappa shape index (κ2) is 7.18. The molecular formula is C15H20F3NaO6S. The fourth-order valence-electron chi connectivity index (χ4n) is 5.19. The van der Waals surface area contributed by atoms with E-state index in [-0.39, 0.29) is 47.8 Å². The van der Waals surface area contributed by atoms with Crippen LogP contribution in [-0.4, -0.2) is 47.7 Å². The van der Waals surface area contributed by atoms with Crippen LogP contribution in [0, 0.1) is 17.3 Å². The van der Waals surface area contributed by atoms with Crippen molar-refractivity contribution in [3.63, 3.8) is 0 Å². The summed E-state index contributed by atoms with van der Waals surface area (Å²) in [6.45, 7) is -0.749. The first-order chi connectivity index (χ1) is 11.4. The molecule has 4 fully saturated rings. The van der Waals surface area contributed by atoms with Gasteiger partial charge in [-0.25, -0.2) is 12.8 Å². The molecule has 26 heavy (non-hydrogen) atoms. The second-order valence-electron chi connectivity index (χ2n) is 7.87. The van der Waals surface area contributed by atoms with Crippen molar-refractivity contribution in [3.8, 4) is 0 Å². The molecule has 3 atom stereocenters. The summed E-state index contributed by atoms with van der Waals surface area (Å²) in [6, 6.07) is 0.